The summed E-state index contributed by atoms with van der Waals surface area (Å²) in [5, 5.41) is 3.33. The lowest BCUT2D eigenvalue weighted by Gasteiger charge is -2.24. The fourth-order valence-electron chi connectivity index (χ4n) is 3.68. The average molecular weight is 536 g/mol. The molecule has 9 heteroatoms. The van der Waals surface area contributed by atoms with Gasteiger partial charge in [0.2, 0.25) is 10.0 Å². The molecule has 3 rings (SSSR count). The highest BCUT2D eigenvalue weighted by Crippen LogP contribution is 2.21. The van der Waals surface area contributed by atoms with Crippen LogP contribution < -0.4 is 5.32 Å². The largest absolute Gasteiger partial charge is 0.381 e. The molecule has 0 spiro atoms. The number of benzene rings is 1. The van der Waals surface area contributed by atoms with Gasteiger partial charge in [-0.3, -0.25) is 0 Å². The van der Waals surface area contributed by atoms with E-state index in [-0.39, 0.29) is 24.0 Å². The highest BCUT2D eigenvalue weighted by atomic mass is 127. The van der Waals surface area contributed by atoms with Crippen molar-refractivity contribution in [2.45, 2.75) is 37.6 Å². The SMILES string of the molecule is CCNC(=NCc1ccc(S(=O)(=O)N2CCCC2)cc1)N(C)CC1CCOC1.I. The quantitative estimate of drug-likeness (QED) is 0.330. The number of sulfonamides is 1. The number of aliphatic imine (C=N–C) groups is 1. The van der Waals surface area contributed by atoms with Gasteiger partial charge in [-0.1, -0.05) is 12.1 Å². The molecule has 2 heterocycles. The van der Waals surface area contributed by atoms with Gasteiger partial charge in [0, 0.05) is 45.8 Å². The zero-order valence-electron chi connectivity index (χ0n) is 17.3. The normalized spacial score (nSPS) is 20.5. The van der Waals surface area contributed by atoms with Crippen LogP contribution in [-0.4, -0.2) is 70.0 Å². The summed E-state index contributed by atoms with van der Waals surface area (Å²) in [5.41, 5.74) is 0.994. The van der Waals surface area contributed by atoms with E-state index in [1.165, 1.54) is 0 Å². The molecule has 1 N–H and O–H groups in total. The Hall–Kier alpha value is -0.910. The molecular weight excluding hydrogens is 503 g/mol. The van der Waals surface area contributed by atoms with E-state index >= 15 is 0 Å². The van der Waals surface area contributed by atoms with E-state index in [4.69, 9.17) is 9.73 Å². The van der Waals surface area contributed by atoms with Crippen molar-refractivity contribution in [3.05, 3.63) is 29.8 Å². The maximum Gasteiger partial charge on any atom is 0.243 e. The number of hydrogen-bond donors (Lipinski definition) is 1. The fourth-order valence-corrected chi connectivity index (χ4v) is 5.20. The highest BCUT2D eigenvalue weighted by molar-refractivity contribution is 14.0. The number of halogens is 1. The molecule has 1 aromatic rings. The van der Waals surface area contributed by atoms with Crippen LogP contribution in [-0.2, 0) is 21.3 Å². The third kappa shape index (κ3) is 6.53. The molecule has 1 atom stereocenters. The summed E-state index contributed by atoms with van der Waals surface area (Å²) in [6, 6.07) is 7.12. The third-order valence-corrected chi connectivity index (χ3v) is 7.20. The summed E-state index contributed by atoms with van der Waals surface area (Å²) < 4.78 is 32.3. The summed E-state index contributed by atoms with van der Waals surface area (Å²) in [6.45, 7) is 7.20. The van der Waals surface area contributed by atoms with E-state index < -0.39 is 10.0 Å². The molecule has 0 aromatic heterocycles. The minimum atomic E-state index is -3.36. The Kier molecular flexibility index (Phi) is 9.64. The van der Waals surface area contributed by atoms with E-state index in [1.54, 1.807) is 16.4 Å². The molecule has 0 saturated carbocycles. The van der Waals surface area contributed by atoms with Crippen molar-refractivity contribution in [1.82, 2.24) is 14.5 Å². The molecule has 7 nitrogen and oxygen atoms in total. The van der Waals surface area contributed by atoms with Crippen molar-refractivity contribution in [1.29, 1.82) is 0 Å². The molecule has 2 aliphatic heterocycles. The molecule has 0 bridgehead atoms. The van der Waals surface area contributed by atoms with Crippen LogP contribution in [0.2, 0.25) is 0 Å². The Labute approximate surface area is 192 Å². The minimum absolute atomic E-state index is 0. The van der Waals surface area contributed by atoms with Crippen molar-refractivity contribution in [2.75, 3.05) is 46.4 Å². The molecule has 2 aliphatic rings. The number of hydrogen-bond acceptors (Lipinski definition) is 4. The first-order valence-corrected chi connectivity index (χ1v) is 11.6. The van der Waals surface area contributed by atoms with Gasteiger partial charge in [-0.25, -0.2) is 13.4 Å². The summed E-state index contributed by atoms with van der Waals surface area (Å²) in [6.07, 6.45) is 2.98. The summed E-state index contributed by atoms with van der Waals surface area (Å²) in [4.78, 5) is 7.24. The number of guanidine groups is 1. The first-order chi connectivity index (χ1) is 13.5. The van der Waals surface area contributed by atoms with E-state index in [1.807, 2.05) is 19.2 Å². The van der Waals surface area contributed by atoms with Gasteiger partial charge >= 0.3 is 0 Å². The molecular formula is C20H33IN4O3S. The summed E-state index contributed by atoms with van der Waals surface area (Å²) in [5.74, 6) is 1.41. The summed E-state index contributed by atoms with van der Waals surface area (Å²) >= 11 is 0. The van der Waals surface area contributed by atoms with Gasteiger partial charge in [-0.2, -0.15) is 4.31 Å². The standard InChI is InChI=1S/C20H32N4O3S.HI/c1-3-21-20(23(2)15-18-10-13-27-16-18)22-14-17-6-8-19(9-7-17)28(25,26)24-11-4-5-12-24;/h6-9,18H,3-5,10-16H2,1-2H3,(H,21,22);1H. The number of ether oxygens (including phenoxy) is 1. The predicted molar refractivity (Wildman–Crippen MR) is 126 cm³/mol. The summed E-state index contributed by atoms with van der Waals surface area (Å²) in [7, 11) is -1.31. The molecule has 2 fully saturated rings. The second-order valence-electron chi connectivity index (χ2n) is 7.54. The topological polar surface area (TPSA) is 74.2 Å². The van der Waals surface area contributed by atoms with Gasteiger partial charge in [0.25, 0.3) is 0 Å². The Morgan fingerprint density at radius 1 is 1.28 bits per heavy atom. The van der Waals surface area contributed by atoms with Crippen LogP contribution in [0.4, 0.5) is 0 Å². The van der Waals surface area contributed by atoms with Crippen LogP contribution in [0.3, 0.4) is 0 Å². The Morgan fingerprint density at radius 2 is 1.97 bits per heavy atom. The number of rotatable bonds is 7. The van der Waals surface area contributed by atoms with Crippen LogP contribution >= 0.6 is 24.0 Å². The first-order valence-electron chi connectivity index (χ1n) is 10.2. The molecule has 29 heavy (non-hydrogen) atoms. The Morgan fingerprint density at radius 3 is 2.55 bits per heavy atom. The average Bonchev–Trinajstić information content (AvgIpc) is 3.39. The molecule has 1 unspecified atom stereocenters. The zero-order chi connectivity index (χ0) is 20.0. The second kappa shape index (κ2) is 11.5. The van der Waals surface area contributed by atoms with Crippen molar-refractivity contribution >= 4 is 40.0 Å². The molecule has 1 aromatic carbocycles. The van der Waals surface area contributed by atoms with Gasteiger partial charge in [0.15, 0.2) is 5.96 Å². The molecule has 0 amide bonds. The van der Waals surface area contributed by atoms with Crippen molar-refractivity contribution in [2.24, 2.45) is 10.9 Å². The monoisotopic (exact) mass is 536 g/mol. The third-order valence-electron chi connectivity index (χ3n) is 5.29. The lowest BCUT2D eigenvalue weighted by Crippen LogP contribution is -2.41. The molecule has 164 valence electrons. The van der Waals surface area contributed by atoms with Crippen LogP contribution in [0, 0.1) is 5.92 Å². The van der Waals surface area contributed by atoms with Gasteiger partial charge in [0.05, 0.1) is 18.0 Å². The zero-order valence-corrected chi connectivity index (χ0v) is 20.5. The van der Waals surface area contributed by atoms with Crippen LogP contribution in [0.5, 0.6) is 0 Å². The Balaban J connectivity index is 0.00000300. The lowest BCUT2D eigenvalue weighted by molar-refractivity contribution is 0.181. The van der Waals surface area contributed by atoms with Crippen LogP contribution in [0.15, 0.2) is 34.2 Å². The van der Waals surface area contributed by atoms with E-state index in [2.05, 4.69) is 17.1 Å². The minimum Gasteiger partial charge on any atom is -0.381 e. The van der Waals surface area contributed by atoms with E-state index in [0.717, 1.165) is 57.1 Å². The maximum absolute atomic E-state index is 12.6. The highest BCUT2D eigenvalue weighted by Gasteiger charge is 2.26. The van der Waals surface area contributed by atoms with Gasteiger partial charge in [-0.05, 0) is 43.9 Å². The van der Waals surface area contributed by atoms with Crippen LogP contribution in [0.1, 0.15) is 31.7 Å². The van der Waals surface area contributed by atoms with Crippen molar-refractivity contribution in [3.8, 4) is 0 Å². The van der Waals surface area contributed by atoms with Crippen LogP contribution in [0.25, 0.3) is 0 Å². The smallest absolute Gasteiger partial charge is 0.243 e. The van der Waals surface area contributed by atoms with E-state index in [9.17, 15) is 8.42 Å². The van der Waals surface area contributed by atoms with Gasteiger partial charge in [-0.15, -0.1) is 24.0 Å². The van der Waals surface area contributed by atoms with Crippen molar-refractivity contribution in [3.63, 3.8) is 0 Å². The first kappa shape index (κ1) is 24.4. The van der Waals surface area contributed by atoms with Gasteiger partial charge in [0.1, 0.15) is 0 Å². The predicted octanol–water partition coefficient (Wildman–Crippen LogP) is 2.52. The van der Waals surface area contributed by atoms with E-state index in [0.29, 0.717) is 30.4 Å². The van der Waals surface area contributed by atoms with Crippen molar-refractivity contribution < 1.29 is 13.2 Å². The molecule has 2 saturated heterocycles. The lowest BCUT2D eigenvalue weighted by atomic mass is 10.1. The number of nitrogens with zero attached hydrogens (tertiary/aromatic N) is 3. The Bertz CT molecular complexity index is 758. The molecule has 0 aliphatic carbocycles. The number of nitrogens with one attached hydrogen (secondary N) is 1. The molecule has 0 radical (unpaired) electrons. The maximum atomic E-state index is 12.6. The van der Waals surface area contributed by atoms with Gasteiger partial charge < -0.3 is 15.0 Å². The second-order valence-corrected chi connectivity index (χ2v) is 9.47. The fraction of sp³-hybridized carbons (Fsp3) is 0.650.